The van der Waals surface area contributed by atoms with Gasteiger partial charge >= 0.3 is 0 Å². The molecule has 1 unspecified atom stereocenters. The minimum Gasteiger partial charge on any atom is -0.370 e. The number of benzene rings is 1. The van der Waals surface area contributed by atoms with Crippen LogP contribution in [0.25, 0.3) is 0 Å². The summed E-state index contributed by atoms with van der Waals surface area (Å²) in [6.45, 7) is 5.63. The van der Waals surface area contributed by atoms with Crippen molar-refractivity contribution in [1.29, 1.82) is 0 Å². The number of nitrogens with two attached hydrogens (primary N) is 1. The van der Waals surface area contributed by atoms with Crippen LogP contribution in [0, 0.1) is 5.92 Å². The third kappa shape index (κ3) is 6.22. The van der Waals surface area contributed by atoms with Gasteiger partial charge in [0.1, 0.15) is 0 Å². The van der Waals surface area contributed by atoms with Crippen molar-refractivity contribution in [2.45, 2.75) is 39.0 Å². The number of piperidine rings is 1. The van der Waals surface area contributed by atoms with Gasteiger partial charge in [-0.2, -0.15) is 0 Å². The highest BCUT2D eigenvalue weighted by Gasteiger charge is 2.23. The molecule has 1 saturated heterocycles. The van der Waals surface area contributed by atoms with E-state index in [2.05, 4.69) is 41.4 Å². The highest BCUT2D eigenvalue weighted by atomic mass is 16.1. The maximum atomic E-state index is 11.2. The zero-order chi connectivity index (χ0) is 17.2. The van der Waals surface area contributed by atoms with E-state index < -0.39 is 0 Å². The molecule has 0 aliphatic carbocycles. The number of aryl methyl sites for hydroxylation is 1. The summed E-state index contributed by atoms with van der Waals surface area (Å²) in [5, 5.41) is 3.38. The monoisotopic (exact) mass is 330 g/mol. The van der Waals surface area contributed by atoms with Gasteiger partial charge in [-0.05, 0) is 44.1 Å². The summed E-state index contributed by atoms with van der Waals surface area (Å²) in [6, 6.07) is 10.5. The smallest absolute Gasteiger partial charge is 0.217 e. The summed E-state index contributed by atoms with van der Waals surface area (Å²) in [6.07, 6.45) is 4.73. The number of rotatable bonds is 7. The molecule has 3 N–H and O–H groups in total. The molecule has 1 fully saturated rings. The average Bonchev–Trinajstić information content (AvgIpc) is 2.58. The van der Waals surface area contributed by atoms with Crippen molar-refractivity contribution in [2.75, 3.05) is 26.2 Å². The van der Waals surface area contributed by atoms with E-state index >= 15 is 0 Å². The van der Waals surface area contributed by atoms with E-state index in [1.54, 1.807) is 0 Å². The molecule has 0 bridgehead atoms. The summed E-state index contributed by atoms with van der Waals surface area (Å²) < 4.78 is 0. The van der Waals surface area contributed by atoms with Crippen LogP contribution in [0.1, 0.15) is 38.2 Å². The standard InChI is InChI=1S/C19H30N4O/c1-2-21-19(22-12-6-10-16-8-4-3-5-9-16)23-13-7-11-17(15-23)14-18(20)24/h3-5,8-9,17H,2,6-7,10-15H2,1H3,(H2,20,24)(H,21,22). The topological polar surface area (TPSA) is 70.7 Å². The summed E-state index contributed by atoms with van der Waals surface area (Å²) in [5.41, 5.74) is 6.71. The first-order valence-electron chi connectivity index (χ1n) is 9.04. The molecule has 1 aliphatic rings. The predicted octanol–water partition coefficient (Wildman–Crippen LogP) is 2.17. The molecule has 0 spiro atoms. The van der Waals surface area contributed by atoms with E-state index in [1.165, 1.54) is 5.56 Å². The van der Waals surface area contributed by atoms with Crippen molar-refractivity contribution in [3.8, 4) is 0 Å². The van der Waals surface area contributed by atoms with Gasteiger partial charge < -0.3 is 16.0 Å². The first-order chi connectivity index (χ1) is 11.7. The largest absolute Gasteiger partial charge is 0.370 e. The molecule has 1 heterocycles. The highest BCUT2D eigenvalue weighted by molar-refractivity contribution is 5.80. The third-order valence-corrected chi connectivity index (χ3v) is 4.37. The summed E-state index contributed by atoms with van der Waals surface area (Å²) in [4.78, 5) is 18.2. The SMILES string of the molecule is CCNC(=NCCCc1ccccc1)N1CCCC(CC(N)=O)C1. The minimum atomic E-state index is -0.202. The zero-order valence-electron chi connectivity index (χ0n) is 14.7. The number of carbonyl (C=O) groups is 1. The lowest BCUT2D eigenvalue weighted by atomic mass is 9.95. The van der Waals surface area contributed by atoms with Gasteiger partial charge in [-0.15, -0.1) is 0 Å². The molecule has 0 radical (unpaired) electrons. The lowest BCUT2D eigenvalue weighted by Crippen LogP contribution is -2.47. The molecule has 0 saturated carbocycles. The van der Waals surface area contributed by atoms with E-state index in [0.29, 0.717) is 12.3 Å². The van der Waals surface area contributed by atoms with Crippen LogP contribution in [0.2, 0.25) is 0 Å². The molecular weight excluding hydrogens is 300 g/mol. The van der Waals surface area contributed by atoms with Crippen LogP contribution >= 0.6 is 0 Å². The Balaban J connectivity index is 1.86. The highest BCUT2D eigenvalue weighted by Crippen LogP contribution is 2.19. The van der Waals surface area contributed by atoms with Gasteiger partial charge in [0, 0.05) is 32.6 Å². The van der Waals surface area contributed by atoms with Gasteiger partial charge in [-0.25, -0.2) is 0 Å². The van der Waals surface area contributed by atoms with Crippen molar-refractivity contribution in [3.63, 3.8) is 0 Å². The number of amides is 1. The Morgan fingerprint density at radius 3 is 2.88 bits per heavy atom. The summed E-state index contributed by atoms with van der Waals surface area (Å²) >= 11 is 0. The number of aliphatic imine (C=N–C) groups is 1. The second kappa shape index (κ2) is 9.96. The van der Waals surface area contributed by atoms with Crippen molar-refractivity contribution in [2.24, 2.45) is 16.6 Å². The van der Waals surface area contributed by atoms with Gasteiger partial charge in [0.15, 0.2) is 5.96 Å². The van der Waals surface area contributed by atoms with Crippen LogP contribution in [0.5, 0.6) is 0 Å². The molecule has 2 rings (SSSR count). The Morgan fingerprint density at radius 1 is 1.38 bits per heavy atom. The fourth-order valence-electron chi connectivity index (χ4n) is 3.25. The summed E-state index contributed by atoms with van der Waals surface area (Å²) in [7, 11) is 0. The normalized spacial score (nSPS) is 18.5. The van der Waals surface area contributed by atoms with Crippen molar-refractivity contribution < 1.29 is 4.79 Å². The molecular formula is C19H30N4O. The number of hydrogen-bond donors (Lipinski definition) is 2. The van der Waals surface area contributed by atoms with Gasteiger partial charge in [0.2, 0.25) is 5.91 Å². The van der Waals surface area contributed by atoms with Crippen LogP contribution in [0.15, 0.2) is 35.3 Å². The fourth-order valence-corrected chi connectivity index (χ4v) is 3.25. The fraction of sp³-hybridized carbons (Fsp3) is 0.579. The second-order valence-electron chi connectivity index (χ2n) is 6.45. The van der Waals surface area contributed by atoms with Crippen LogP contribution in [0.4, 0.5) is 0 Å². The van der Waals surface area contributed by atoms with Gasteiger partial charge in [-0.3, -0.25) is 9.79 Å². The molecule has 1 aliphatic heterocycles. The molecule has 5 heteroatoms. The van der Waals surface area contributed by atoms with Crippen molar-refractivity contribution in [1.82, 2.24) is 10.2 Å². The number of primary amides is 1. The average molecular weight is 330 g/mol. The molecule has 1 aromatic carbocycles. The molecule has 24 heavy (non-hydrogen) atoms. The number of carbonyl (C=O) groups excluding carboxylic acids is 1. The van der Waals surface area contributed by atoms with Gasteiger partial charge in [0.05, 0.1) is 0 Å². The Hall–Kier alpha value is -2.04. The van der Waals surface area contributed by atoms with E-state index in [9.17, 15) is 4.79 Å². The van der Waals surface area contributed by atoms with Gasteiger partial charge in [0.25, 0.3) is 0 Å². The van der Waals surface area contributed by atoms with Crippen LogP contribution in [-0.2, 0) is 11.2 Å². The lowest BCUT2D eigenvalue weighted by Gasteiger charge is -2.34. The quantitative estimate of drug-likeness (QED) is 0.457. The third-order valence-electron chi connectivity index (χ3n) is 4.37. The number of hydrogen-bond acceptors (Lipinski definition) is 2. The van der Waals surface area contributed by atoms with Crippen LogP contribution in [-0.4, -0.2) is 42.9 Å². The Kier molecular flexibility index (Phi) is 7.59. The van der Waals surface area contributed by atoms with E-state index in [0.717, 1.165) is 57.8 Å². The zero-order valence-corrected chi connectivity index (χ0v) is 14.7. The number of nitrogens with zero attached hydrogens (tertiary/aromatic N) is 2. The number of guanidine groups is 1. The maximum Gasteiger partial charge on any atom is 0.217 e. The number of likely N-dealkylation sites (tertiary alicyclic amines) is 1. The van der Waals surface area contributed by atoms with Gasteiger partial charge in [-0.1, -0.05) is 30.3 Å². The van der Waals surface area contributed by atoms with Crippen LogP contribution in [0.3, 0.4) is 0 Å². The molecule has 1 aromatic rings. The van der Waals surface area contributed by atoms with E-state index in [1.807, 2.05) is 6.07 Å². The number of nitrogens with one attached hydrogen (secondary N) is 1. The molecule has 132 valence electrons. The minimum absolute atomic E-state index is 0.202. The van der Waals surface area contributed by atoms with Crippen LogP contribution < -0.4 is 11.1 Å². The van der Waals surface area contributed by atoms with E-state index in [4.69, 9.17) is 10.7 Å². The lowest BCUT2D eigenvalue weighted by molar-refractivity contribution is -0.119. The van der Waals surface area contributed by atoms with E-state index in [-0.39, 0.29) is 5.91 Å². The Bertz CT molecular complexity index is 529. The molecule has 1 amide bonds. The summed E-state index contributed by atoms with van der Waals surface area (Å²) in [5.74, 6) is 1.12. The first kappa shape index (κ1) is 18.3. The maximum absolute atomic E-state index is 11.2. The van der Waals surface area contributed by atoms with Crippen molar-refractivity contribution >= 4 is 11.9 Å². The molecule has 0 aromatic heterocycles. The Labute approximate surface area is 145 Å². The second-order valence-corrected chi connectivity index (χ2v) is 6.45. The predicted molar refractivity (Wildman–Crippen MR) is 98.9 cm³/mol. The molecule has 5 nitrogen and oxygen atoms in total. The molecule has 1 atom stereocenters. The first-order valence-corrected chi connectivity index (χ1v) is 9.04. The Morgan fingerprint density at radius 2 is 2.17 bits per heavy atom. The van der Waals surface area contributed by atoms with Crippen molar-refractivity contribution in [3.05, 3.63) is 35.9 Å².